The number of aliphatic hydroxyl groups excluding tert-OH is 1. The van der Waals surface area contributed by atoms with Crippen molar-refractivity contribution in [3.05, 3.63) is 47.0 Å². The second-order valence-corrected chi connectivity index (χ2v) is 10.3. The summed E-state index contributed by atoms with van der Waals surface area (Å²) in [5.74, 6) is -0.806. The van der Waals surface area contributed by atoms with Gasteiger partial charge in [0.1, 0.15) is 23.9 Å². The van der Waals surface area contributed by atoms with E-state index in [1.54, 1.807) is 0 Å². The molecule has 2 fully saturated rings. The fourth-order valence-electron chi connectivity index (χ4n) is 6.13. The van der Waals surface area contributed by atoms with Gasteiger partial charge in [-0.3, -0.25) is 4.79 Å². The summed E-state index contributed by atoms with van der Waals surface area (Å²) in [5, 5.41) is 9.26. The Morgan fingerprint density at radius 3 is 2.58 bits per heavy atom. The monoisotopic (exact) mass is 456 g/mol. The average Bonchev–Trinajstić information content (AvgIpc) is 3.30. The molecule has 1 aromatic carbocycles. The van der Waals surface area contributed by atoms with Crippen molar-refractivity contribution < 1.29 is 28.9 Å². The first kappa shape index (κ1) is 24.0. The van der Waals surface area contributed by atoms with Crippen molar-refractivity contribution in [3.63, 3.8) is 0 Å². The third kappa shape index (κ3) is 4.24. The maximum absolute atomic E-state index is 13.0. The number of esters is 2. The van der Waals surface area contributed by atoms with Crippen LogP contribution in [0.4, 0.5) is 0 Å². The maximum Gasteiger partial charge on any atom is 0.332 e. The molecule has 180 valence electrons. The van der Waals surface area contributed by atoms with Gasteiger partial charge in [0.25, 0.3) is 0 Å². The van der Waals surface area contributed by atoms with Crippen LogP contribution in [0.1, 0.15) is 65.4 Å². The Balaban J connectivity index is 1.56. The molecule has 0 amide bonds. The van der Waals surface area contributed by atoms with E-state index in [2.05, 4.69) is 32.9 Å². The van der Waals surface area contributed by atoms with Gasteiger partial charge >= 0.3 is 11.9 Å². The molecule has 1 N–H and O–H groups in total. The zero-order valence-corrected chi connectivity index (χ0v) is 20.1. The standard InChI is InChI=1S/C27H36O6/c1-17(2)27-15-21(31-23(30)16-28)26(4,33-27)20-14-13-18(3)24(20)25(27)32-22(29)12-8-11-19-9-6-5-7-10-19/h5-7,9-10,17,20-21,25,28H,8,11-16H2,1-4H3/t20-,21-,25+,26+,27-/m1/s1. The molecule has 2 heterocycles. The number of carbonyl (C=O) groups is 2. The van der Waals surface area contributed by atoms with Gasteiger partial charge in [-0.25, -0.2) is 4.79 Å². The summed E-state index contributed by atoms with van der Waals surface area (Å²) in [6.45, 7) is 7.60. The normalized spacial score (nSPS) is 32.7. The van der Waals surface area contributed by atoms with E-state index in [1.165, 1.54) is 11.1 Å². The van der Waals surface area contributed by atoms with Crippen molar-refractivity contribution in [2.24, 2.45) is 11.8 Å². The minimum absolute atomic E-state index is 0.0190. The summed E-state index contributed by atoms with van der Waals surface area (Å²) in [6, 6.07) is 10.1. The van der Waals surface area contributed by atoms with Gasteiger partial charge in [-0.05, 0) is 56.6 Å². The van der Waals surface area contributed by atoms with Gasteiger partial charge < -0.3 is 19.3 Å². The number of carbonyl (C=O) groups excluding carboxylic acids is 2. The average molecular weight is 457 g/mol. The molecule has 0 radical (unpaired) electrons. The van der Waals surface area contributed by atoms with Crippen LogP contribution in [0.5, 0.6) is 0 Å². The second-order valence-electron chi connectivity index (χ2n) is 10.3. The molecule has 2 saturated heterocycles. The number of aryl methyl sites for hydroxylation is 1. The first-order valence-corrected chi connectivity index (χ1v) is 12.1. The number of ether oxygens (including phenoxy) is 3. The number of hydrogen-bond acceptors (Lipinski definition) is 6. The van der Waals surface area contributed by atoms with Crippen LogP contribution in [0.3, 0.4) is 0 Å². The van der Waals surface area contributed by atoms with Crippen molar-refractivity contribution >= 4 is 11.9 Å². The zero-order valence-electron chi connectivity index (χ0n) is 20.1. The van der Waals surface area contributed by atoms with Crippen molar-refractivity contribution in [2.75, 3.05) is 6.61 Å². The molecular weight excluding hydrogens is 420 g/mol. The van der Waals surface area contributed by atoms with Gasteiger partial charge in [0.2, 0.25) is 0 Å². The fraction of sp³-hybridized carbons (Fsp3) is 0.630. The number of fused-ring (bicyclic) bond motifs is 4. The Kier molecular flexibility index (Phi) is 6.70. The highest BCUT2D eigenvalue weighted by molar-refractivity contribution is 5.71. The van der Waals surface area contributed by atoms with E-state index < -0.39 is 36.0 Å². The topological polar surface area (TPSA) is 82.1 Å². The molecule has 0 saturated carbocycles. The van der Waals surface area contributed by atoms with Gasteiger partial charge in [0, 0.05) is 18.8 Å². The van der Waals surface area contributed by atoms with Crippen LogP contribution in [0, 0.1) is 11.8 Å². The van der Waals surface area contributed by atoms with Crippen LogP contribution in [0.2, 0.25) is 0 Å². The molecule has 2 aliphatic heterocycles. The summed E-state index contributed by atoms with van der Waals surface area (Å²) in [7, 11) is 0. The lowest BCUT2D eigenvalue weighted by atomic mass is 9.74. The number of benzene rings is 1. The largest absolute Gasteiger partial charge is 0.457 e. The van der Waals surface area contributed by atoms with Gasteiger partial charge in [-0.2, -0.15) is 0 Å². The number of aliphatic hydroxyl groups is 1. The predicted molar refractivity (Wildman–Crippen MR) is 123 cm³/mol. The molecule has 6 heteroatoms. The Morgan fingerprint density at radius 1 is 1.18 bits per heavy atom. The first-order valence-electron chi connectivity index (χ1n) is 12.1. The lowest BCUT2D eigenvalue weighted by Gasteiger charge is -2.50. The summed E-state index contributed by atoms with van der Waals surface area (Å²) < 4.78 is 18.7. The molecule has 1 aromatic rings. The van der Waals surface area contributed by atoms with E-state index in [1.807, 2.05) is 25.1 Å². The molecule has 3 aliphatic rings. The Morgan fingerprint density at radius 2 is 1.91 bits per heavy atom. The molecule has 5 atom stereocenters. The maximum atomic E-state index is 13.0. The molecule has 0 aromatic heterocycles. The van der Waals surface area contributed by atoms with Crippen molar-refractivity contribution in [3.8, 4) is 0 Å². The number of hydrogen-bond donors (Lipinski definition) is 1. The molecule has 0 spiro atoms. The quantitative estimate of drug-likeness (QED) is 0.468. The third-order valence-electron chi connectivity index (χ3n) is 7.97. The highest BCUT2D eigenvalue weighted by Crippen LogP contribution is 2.61. The van der Waals surface area contributed by atoms with Crippen LogP contribution in [0.15, 0.2) is 41.5 Å². The number of rotatable bonds is 8. The Bertz CT molecular complexity index is 922. The van der Waals surface area contributed by atoms with E-state index in [0.29, 0.717) is 12.8 Å². The fourth-order valence-corrected chi connectivity index (χ4v) is 6.13. The summed E-state index contributed by atoms with van der Waals surface area (Å²) in [4.78, 5) is 25.0. The van der Waals surface area contributed by atoms with Crippen LogP contribution in [-0.4, -0.2) is 47.1 Å². The molecular formula is C27H36O6. The van der Waals surface area contributed by atoms with Crippen LogP contribution < -0.4 is 0 Å². The van der Waals surface area contributed by atoms with E-state index in [0.717, 1.165) is 31.3 Å². The Hall–Kier alpha value is -2.18. The van der Waals surface area contributed by atoms with Crippen molar-refractivity contribution in [1.82, 2.24) is 0 Å². The molecule has 2 bridgehead atoms. The summed E-state index contributed by atoms with van der Waals surface area (Å²) in [6.07, 6.45) is 3.15. The second kappa shape index (κ2) is 9.22. The third-order valence-corrected chi connectivity index (χ3v) is 7.97. The lowest BCUT2D eigenvalue weighted by Crippen LogP contribution is -2.58. The molecule has 6 nitrogen and oxygen atoms in total. The van der Waals surface area contributed by atoms with Crippen LogP contribution in [0.25, 0.3) is 0 Å². The van der Waals surface area contributed by atoms with Crippen molar-refractivity contribution in [1.29, 1.82) is 0 Å². The van der Waals surface area contributed by atoms with Gasteiger partial charge in [0.15, 0.2) is 6.10 Å². The minimum Gasteiger partial charge on any atom is -0.457 e. The summed E-state index contributed by atoms with van der Waals surface area (Å²) in [5.41, 5.74) is 2.15. The Labute approximate surface area is 196 Å². The minimum atomic E-state index is -0.762. The van der Waals surface area contributed by atoms with Crippen LogP contribution >= 0.6 is 0 Å². The van der Waals surface area contributed by atoms with Gasteiger partial charge in [-0.1, -0.05) is 49.8 Å². The van der Waals surface area contributed by atoms with E-state index in [9.17, 15) is 14.7 Å². The van der Waals surface area contributed by atoms with E-state index in [4.69, 9.17) is 14.2 Å². The zero-order chi connectivity index (χ0) is 23.8. The number of allylic oxidation sites excluding steroid dienone is 1. The summed E-state index contributed by atoms with van der Waals surface area (Å²) >= 11 is 0. The van der Waals surface area contributed by atoms with Gasteiger partial charge in [-0.15, -0.1) is 0 Å². The highest BCUT2D eigenvalue weighted by atomic mass is 16.6. The predicted octanol–water partition coefficient (Wildman–Crippen LogP) is 4.14. The van der Waals surface area contributed by atoms with E-state index in [-0.39, 0.29) is 17.8 Å². The van der Waals surface area contributed by atoms with Crippen molar-refractivity contribution in [2.45, 2.75) is 89.6 Å². The van der Waals surface area contributed by atoms with E-state index >= 15 is 0 Å². The lowest BCUT2D eigenvalue weighted by molar-refractivity contribution is -0.225. The molecule has 1 aliphatic carbocycles. The van der Waals surface area contributed by atoms with Crippen LogP contribution in [-0.2, 0) is 30.2 Å². The SMILES string of the molecule is CC1=C2[C@@H](CC1)[C@]1(C)O[C@@](C(C)C)(C[C@H]1OC(=O)CO)[C@H]2OC(=O)CCCc1ccccc1. The molecule has 4 rings (SSSR count). The molecule has 0 unspecified atom stereocenters. The first-order chi connectivity index (χ1) is 15.7. The van der Waals surface area contributed by atoms with Gasteiger partial charge in [0.05, 0.1) is 0 Å². The molecule has 33 heavy (non-hydrogen) atoms. The highest BCUT2D eigenvalue weighted by Gasteiger charge is 2.70. The smallest absolute Gasteiger partial charge is 0.332 e.